The van der Waals surface area contributed by atoms with Gasteiger partial charge in [0, 0.05) is 19.5 Å². The number of ether oxygens (including phenoxy) is 3. The highest BCUT2D eigenvalue weighted by Crippen LogP contribution is 2.22. The highest BCUT2D eigenvalue weighted by atomic mass is 16.5. The molecule has 1 aliphatic heterocycles. The van der Waals surface area contributed by atoms with Gasteiger partial charge in [-0.25, -0.2) is 4.79 Å². The normalized spacial score (nSPS) is 15.4. The van der Waals surface area contributed by atoms with Gasteiger partial charge in [-0.05, 0) is 36.6 Å². The van der Waals surface area contributed by atoms with Crippen LogP contribution in [0.1, 0.15) is 23.6 Å². The van der Waals surface area contributed by atoms with Gasteiger partial charge >= 0.3 is 5.97 Å². The first-order chi connectivity index (χ1) is 17.4. The molecule has 2 aromatic carbocycles. The van der Waals surface area contributed by atoms with Gasteiger partial charge in [-0.3, -0.25) is 14.5 Å². The van der Waals surface area contributed by atoms with Crippen molar-refractivity contribution in [1.29, 1.82) is 0 Å². The molecule has 0 aromatic heterocycles. The third-order valence-corrected chi connectivity index (χ3v) is 5.97. The number of morpholine rings is 1. The van der Waals surface area contributed by atoms with E-state index in [0.717, 1.165) is 16.7 Å². The van der Waals surface area contributed by atoms with Crippen LogP contribution in [0.5, 0.6) is 5.75 Å². The minimum Gasteiger partial charge on any atom is -0.489 e. The number of rotatable bonds is 11. The molecule has 9 heteroatoms. The summed E-state index contributed by atoms with van der Waals surface area (Å²) in [5, 5.41) is 5.41. The van der Waals surface area contributed by atoms with Crippen LogP contribution in [0.25, 0.3) is 0 Å². The summed E-state index contributed by atoms with van der Waals surface area (Å²) in [4.78, 5) is 39.5. The van der Waals surface area contributed by atoms with E-state index in [1.807, 2.05) is 60.4 Å². The molecule has 1 heterocycles. The lowest BCUT2D eigenvalue weighted by molar-refractivity contribution is -0.145. The van der Waals surface area contributed by atoms with Crippen LogP contribution in [0, 0.1) is 6.92 Å². The molecule has 2 unspecified atom stereocenters. The van der Waals surface area contributed by atoms with Crippen LogP contribution in [0.2, 0.25) is 0 Å². The fourth-order valence-electron chi connectivity index (χ4n) is 3.85. The maximum absolute atomic E-state index is 12.8. The van der Waals surface area contributed by atoms with E-state index < -0.39 is 24.0 Å². The Morgan fingerprint density at radius 3 is 2.44 bits per heavy atom. The molecule has 9 nitrogen and oxygen atoms in total. The van der Waals surface area contributed by atoms with Crippen LogP contribution in [-0.2, 0) is 36.9 Å². The van der Waals surface area contributed by atoms with E-state index in [4.69, 9.17) is 14.2 Å². The van der Waals surface area contributed by atoms with Crippen molar-refractivity contribution in [2.75, 3.05) is 40.0 Å². The Labute approximate surface area is 212 Å². The Bertz CT molecular complexity index is 1020. The van der Waals surface area contributed by atoms with Crippen molar-refractivity contribution < 1.29 is 28.6 Å². The summed E-state index contributed by atoms with van der Waals surface area (Å²) in [5.74, 6) is -0.584. The lowest BCUT2D eigenvalue weighted by Gasteiger charge is -2.26. The number of carbonyl (C=O) groups excluding carboxylic acids is 3. The van der Waals surface area contributed by atoms with Crippen LogP contribution in [0.4, 0.5) is 0 Å². The number of nitrogens with zero attached hydrogens (tertiary/aromatic N) is 1. The first-order valence-electron chi connectivity index (χ1n) is 12.1. The van der Waals surface area contributed by atoms with E-state index in [-0.39, 0.29) is 18.9 Å². The van der Waals surface area contributed by atoms with Crippen molar-refractivity contribution >= 4 is 17.8 Å². The second-order valence-corrected chi connectivity index (χ2v) is 8.84. The number of amides is 2. The van der Waals surface area contributed by atoms with E-state index in [2.05, 4.69) is 10.6 Å². The van der Waals surface area contributed by atoms with Crippen molar-refractivity contribution in [3.8, 4) is 5.75 Å². The third-order valence-electron chi connectivity index (χ3n) is 5.97. The maximum Gasteiger partial charge on any atom is 0.328 e. The number of aryl methyl sites for hydroxylation is 1. The van der Waals surface area contributed by atoms with Crippen molar-refractivity contribution in [2.24, 2.45) is 0 Å². The summed E-state index contributed by atoms with van der Waals surface area (Å²) in [5.41, 5.74) is 2.82. The summed E-state index contributed by atoms with van der Waals surface area (Å²) in [6.45, 7) is 6.66. The molecule has 2 aromatic rings. The Balaban J connectivity index is 1.58. The van der Waals surface area contributed by atoms with Crippen molar-refractivity contribution in [3.05, 3.63) is 65.2 Å². The molecule has 3 rings (SSSR count). The average Bonchev–Trinajstić information content (AvgIpc) is 2.89. The summed E-state index contributed by atoms with van der Waals surface area (Å²) in [7, 11) is 1.28. The quantitative estimate of drug-likeness (QED) is 0.455. The van der Waals surface area contributed by atoms with E-state index in [0.29, 0.717) is 38.7 Å². The zero-order valence-electron chi connectivity index (χ0n) is 21.1. The standard InChI is InChI=1S/C27H35N3O6/c1-19-9-10-22(16-24(19)36-18-21-7-5-4-6-8-21)15-23(27(33)34-3)29-26(32)20(2)28-25(31)17-30-11-13-35-14-12-30/h4-10,16,20,23H,11-15,17-18H2,1-3H3,(H,28,31)(H,29,32). The smallest absolute Gasteiger partial charge is 0.328 e. The van der Waals surface area contributed by atoms with Gasteiger partial charge in [0.15, 0.2) is 0 Å². The molecule has 0 saturated carbocycles. The third kappa shape index (κ3) is 8.35. The van der Waals surface area contributed by atoms with Crippen LogP contribution >= 0.6 is 0 Å². The molecule has 2 atom stereocenters. The lowest BCUT2D eigenvalue weighted by Crippen LogP contribution is -2.53. The molecular formula is C27H35N3O6. The van der Waals surface area contributed by atoms with Crippen molar-refractivity contribution in [3.63, 3.8) is 0 Å². The fourth-order valence-corrected chi connectivity index (χ4v) is 3.85. The molecule has 1 fully saturated rings. The number of hydrogen-bond donors (Lipinski definition) is 2. The Morgan fingerprint density at radius 2 is 1.75 bits per heavy atom. The molecule has 0 bridgehead atoms. The number of esters is 1. The maximum atomic E-state index is 12.8. The number of benzene rings is 2. The van der Waals surface area contributed by atoms with Gasteiger partial charge in [0.05, 0.1) is 26.9 Å². The first kappa shape index (κ1) is 27.2. The first-order valence-corrected chi connectivity index (χ1v) is 12.1. The summed E-state index contributed by atoms with van der Waals surface area (Å²) in [6, 6.07) is 13.8. The largest absolute Gasteiger partial charge is 0.489 e. The summed E-state index contributed by atoms with van der Waals surface area (Å²) < 4.78 is 16.2. The molecule has 0 aliphatic carbocycles. The zero-order chi connectivity index (χ0) is 25.9. The second-order valence-electron chi connectivity index (χ2n) is 8.84. The van der Waals surface area contributed by atoms with Crippen molar-refractivity contribution in [2.45, 2.75) is 39.0 Å². The molecule has 36 heavy (non-hydrogen) atoms. The van der Waals surface area contributed by atoms with Crippen LogP contribution in [0.3, 0.4) is 0 Å². The van der Waals surface area contributed by atoms with Gasteiger partial charge in [0.25, 0.3) is 0 Å². The van der Waals surface area contributed by atoms with E-state index in [1.165, 1.54) is 7.11 Å². The molecule has 1 aliphatic rings. The van der Waals surface area contributed by atoms with Crippen LogP contribution in [0.15, 0.2) is 48.5 Å². The minimum absolute atomic E-state index is 0.191. The van der Waals surface area contributed by atoms with Crippen molar-refractivity contribution in [1.82, 2.24) is 15.5 Å². The van der Waals surface area contributed by atoms with Crippen LogP contribution < -0.4 is 15.4 Å². The van der Waals surface area contributed by atoms with Crippen LogP contribution in [-0.4, -0.2) is 74.7 Å². The predicted octanol–water partition coefficient (Wildman–Crippen LogP) is 1.61. The highest BCUT2D eigenvalue weighted by Gasteiger charge is 2.26. The summed E-state index contributed by atoms with van der Waals surface area (Å²) >= 11 is 0. The minimum atomic E-state index is -0.911. The van der Waals surface area contributed by atoms with Gasteiger partial charge in [-0.2, -0.15) is 0 Å². The topological polar surface area (TPSA) is 106 Å². The van der Waals surface area contributed by atoms with Gasteiger partial charge in [0.2, 0.25) is 11.8 Å². The summed E-state index contributed by atoms with van der Waals surface area (Å²) in [6.07, 6.45) is 0.217. The Kier molecular flexibility index (Phi) is 10.3. The number of nitrogens with one attached hydrogen (secondary N) is 2. The predicted molar refractivity (Wildman–Crippen MR) is 134 cm³/mol. The highest BCUT2D eigenvalue weighted by molar-refractivity contribution is 5.91. The fraction of sp³-hybridized carbons (Fsp3) is 0.444. The van der Waals surface area contributed by atoms with Gasteiger partial charge in [-0.1, -0.05) is 42.5 Å². The van der Waals surface area contributed by atoms with Gasteiger partial charge < -0.3 is 24.8 Å². The Hall–Kier alpha value is -3.43. The van der Waals surface area contributed by atoms with E-state index in [9.17, 15) is 14.4 Å². The number of hydrogen-bond acceptors (Lipinski definition) is 7. The van der Waals surface area contributed by atoms with E-state index >= 15 is 0 Å². The molecule has 194 valence electrons. The van der Waals surface area contributed by atoms with Gasteiger partial charge in [0.1, 0.15) is 24.4 Å². The lowest BCUT2D eigenvalue weighted by atomic mass is 10.0. The second kappa shape index (κ2) is 13.6. The monoisotopic (exact) mass is 497 g/mol. The SMILES string of the molecule is COC(=O)C(Cc1ccc(C)c(OCc2ccccc2)c1)NC(=O)C(C)NC(=O)CN1CCOCC1. The molecule has 2 amide bonds. The van der Waals surface area contributed by atoms with Gasteiger partial charge in [-0.15, -0.1) is 0 Å². The van der Waals surface area contributed by atoms with E-state index in [1.54, 1.807) is 6.92 Å². The molecular weight excluding hydrogens is 462 g/mol. The molecule has 0 radical (unpaired) electrons. The number of methoxy groups -OCH3 is 1. The number of carbonyl (C=O) groups is 3. The average molecular weight is 498 g/mol. The molecule has 0 spiro atoms. The molecule has 2 N–H and O–H groups in total. The zero-order valence-corrected chi connectivity index (χ0v) is 21.1. The molecule has 1 saturated heterocycles. The Morgan fingerprint density at radius 1 is 1.03 bits per heavy atom.